The van der Waals surface area contributed by atoms with E-state index in [0.29, 0.717) is 18.4 Å². The molecule has 0 aliphatic heterocycles. The van der Waals surface area contributed by atoms with Crippen molar-refractivity contribution in [2.45, 2.75) is 32.6 Å². The molecule has 1 aliphatic rings. The summed E-state index contributed by atoms with van der Waals surface area (Å²) < 4.78 is 0. The van der Waals surface area contributed by atoms with Crippen molar-refractivity contribution in [3.05, 3.63) is 64.7 Å². The van der Waals surface area contributed by atoms with E-state index in [1.165, 1.54) is 0 Å². The Morgan fingerprint density at radius 2 is 2.09 bits per heavy atom. The second kappa shape index (κ2) is 6.87. The SMILES string of the molecule is [C-]#[N+]/C(C#N)=C1\CCCCC1(C)C(=O)/C=C/c1ccccc1. The van der Waals surface area contributed by atoms with Crippen molar-refractivity contribution in [2.24, 2.45) is 5.41 Å². The fourth-order valence-corrected chi connectivity index (χ4v) is 2.94. The minimum Gasteiger partial charge on any atom is -0.294 e. The molecule has 110 valence electrons. The monoisotopic (exact) mass is 290 g/mol. The van der Waals surface area contributed by atoms with Crippen LogP contribution in [0.5, 0.6) is 0 Å². The van der Waals surface area contributed by atoms with Crippen LogP contribution in [0, 0.1) is 23.3 Å². The molecule has 3 nitrogen and oxygen atoms in total. The van der Waals surface area contributed by atoms with Crippen LogP contribution in [-0.2, 0) is 4.79 Å². The van der Waals surface area contributed by atoms with Crippen molar-refractivity contribution in [1.82, 2.24) is 0 Å². The van der Waals surface area contributed by atoms with Crippen LogP contribution in [0.1, 0.15) is 38.2 Å². The first-order chi connectivity index (χ1) is 10.6. The standard InChI is InChI=1S/C19H18N2O/c1-19(13-7-6-10-16(19)17(14-20)21-2)18(22)12-11-15-8-4-3-5-9-15/h3-5,8-9,11-12H,6-7,10,13H2,1H3/b12-11+,17-16+. The highest BCUT2D eigenvalue weighted by Crippen LogP contribution is 2.43. The Bertz CT molecular complexity index is 685. The van der Waals surface area contributed by atoms with Crippen LogP contribution in [0.3, 0.4) is 0 Å². The number of hydrogen-bond acceptors (Lipinski definition) is 2. The van der Waals surface area contributed by atoms with Gasteiger partial charge in [-0.3, -0.25) is 4.79 Å². The lowest BCUT2D eigenvalue weighted by molar-refractivity contribution is -0.122. The van der Waals surface area contributed by atoms with Crippen LogP contribution >= 0.6 is 0 Å². The van der Waals surface area contributed by atoms with Gasteiger partial charge in [0.1, 0.15) is 0 Å². The van der Waals surface area contributed by atoms with Crippen molar-refractivity contribution < 1.29 is 4.79 Å². The predicted octanol–water partition coefficient (Wildman–Crippen LogP) is 4.55. The first-order valence-corrected chi connectivity index (χ1v) is 7.40. The average molecular weight is 290 g/mol. The van der Waals surface area contributed by atoms with Gasteiger partial charge < -0.3 is 0 Å². The maximum Gasteiger partial charge on any atom is 0.262 e. The number of benzene rings is 1. The van der Waals surface area contributed by atoms with Gasteiger partial charge in [-0.05, 0) is 37.0 Å². The van der Waals surface area contributed by atoms with Gasteiger partial charge in [0.25, 0.3) is 5.70 Å². The van der Waals surface area contributed by atoms with E-state index in [4.69, 9.17) is 11.8 Å². The Kier molecular flexibility index (Phi) is 4.92. The summed E-state index contributed by atoms with van der Waals surface area (Å²) in [6, 6.07) is 11.6. The fraction of sp³-hybridized carbons (Fsp3) is 0.316. The zero-order valence-corrected chi connectivity index (χ0v) is 12.7. The van der Waals surface area contributed by atoms with Crippen LogP contribution in [0.25, 0.3) is 10.9 Å². The molecular weight excluding hydrogens is 272 g/mol. The molecule has 1 unspecified atom stereocenters. The third-order valence-electron chi connectivity index (χ3n) is 4.29. The van der Waals surface area contributed by atoms with Crippen LogP contribution in [0.2, 0.25) is 0 Å². The van der Waals surface area contributed by atoms with E-state index in [9.17, 15) is 4.79 Å². The Morgan fingerprint density at radius 3 is 2.73 bits per heavy atom. The number of nitrogens with zero attached hydrogens (tertiary/aromatic N) is 2. The van der Waals surface area contributed by atoms with E-state index in [2.05, 4.69) is 4.85 Å². The molecule has 0 spiro atoms. The van der Waals surface area contributed by atoms with Crippen LogP contribution < -0.4 is 0 Å². The van der Waals surface area contributed by atoms with Crippen molar-refractivity contribution in [1.29, 1.82) is 5.26 Å². The minimum atomic E-state index is -0.723. The third kappa shape index (κ3) is 3.15. The van der Waals surface area contributed by atoms with Crippen molar-refractivity contribution >= 4 is 11.9 Å². The Hall–Kier alpha value is -2.65. The van der Waals surface area contributed by atoms with E-state index in [0.717, 1.165) is 18.4 Å². The number of rotatable bonds is 3. The zero-order chi connectivity index (χ0) is 16.0. The van der Waals surface area contributed by atoms with Crippen molar-refractivity contribution in [3.63, 3.8) is 0 Å². The molecule has 1 aromatic rings. The smallest absolute Gasteiger partial charge is 0.262 e. The molecule has 3 heteroatoms. The number of carbonyl (C=O) groups excluding carboxylic acids is 1. The Labute approximate surface area is 131 Å². The molecule has 2 rings (SSSR count). The lowest BCUT2D eigenvalue weighted by atomic mass is 9.68. The predicted molar refractivity (Wildman–Crippen MR) is 86.3 cm³/mol. The topological polar surface area (TPSA) is 45.2 Å². The number of allylic oxidation sites excluding steroid dienone is 3. The third-order valence-corrected chi connectivity index (χ3v) is 4.29. The first-order valence-electron chi connectivity index (χ1n) is 7.40. The van der Waals surface area contributed by atoms with Crippen molar-refractivity contribution in [2.75, 3.05) is 0 Å². The molecular formula is C19H18N2O. The summed E-state index contributed by atoms with van der Waals surface area (Å²) >= 11 is 0. The highest BCUT2D eigenvalue weighted by Gasteiger charge is 2.38. The highest BCUT2D eigenvalue weighted by molar-refractivity contribution is 6.00. The van der Waals surface area contributed by atoms with Gasteiger partial charge in [0, 0.05) is 5.41 Å². The second-order valence-electron chi connectivity index (χ2n) is 5.70. The quantitative estimate of drug-likeness (QED) is 0.466. The molecule has 0 aromatic heterocycles. The van der Waals surface area contributed by atoms with Gasteiger partial charge in [0.15, 0.2) is 5.78 Å². The molecule has 0 amide bonds. The van der Waals surface area contributed by atoms with Gasteiger partial charge in [-0.25, -0.2) is 10.1 Å². The average Bonchev–Trinajstić information content (AvgIpc) is 2.56. The summed E-state index contributed by atoms with van der Waals surface area (Å²) in [7, 11) is 0. The molecule has 1 aromatic carbocycles. The van der Waals surface area contributed by atoms with Crippen molar-refractivity contribution in [3.8, 4) is 6.07 Å². The van der Waals surface area contributed by atoms with Gasteiger partial charge >= 0.3 is 0 Å². The first kappa shape index (κ1) is 15.7. The summed E-state index contributed by atoms with van der Waals surface area (Å²) in [5.74, 6) is -0.0255. The van der Waals surface area contributed by atoms with E-state index >= 15 is 0 Å². The number of ketones is 1. The summed E-state index contributed by atoms with van der Waals surface area (Å²) in [4.78, 5) is 16.0. The summed E-state index contributed by atoms with van der Waals surface area (Å²) in [6.45, 7) is 9.03. The minimum absolute atomic E-state index is 0.0255. The summed E-state index contributed by atoms with van der Waals surface area (Å²) in [6.07, 6.45) is 6.61. The van der Waals surface area contributed by atoms with Gasteiger partial charge in [-0.2, -0.15) is 0 Å². The van der Waals surface area contributed by atoms with Gasteiger partial charge in [-0.1, -0.05) is 49.2 Å². The van der Waals surface area contributed by atoms with E-state index in [1.807, 2.05) is 43.3 Å². The maximum absolute atomic E-state index is 12.7. The van der Waals surface area contributed by atoms with Gasteiger partial charge in [0.2, 0.25) is 0 Å². The Morgan fingerprint density at radius 1 is 1.36 bits per heavy atom. The number of nitriles is 1. The molecule has 1 saturated carbocycles. The Balaban J connectivity index is 2.33. The number of hydrogen-bond donors (Lipinski definition) is 0. The van der Waals surface area contributed by atoms with Gasteiger partial charge in [0.05, 0.1) is 12.6 Å². The summed E-state index contributed by atoms with van der Waals surface area (Å²) in [5.41, 5.74) is 1.04. The molecule has 0 radical (unpaired) electrons. The molecule has 22 heavy (non-hydrogen) atoms. The van der Waals surface area contributed by atoms with Crippen LogP contribution in [0.15, 0.2) is 47.7 Å². The molecule has 1 atom stereocenters. The van der Waals surface area contributed by atoms with E-state index in [-0.39, 0.29) is 11.5 Å². The number of carbonyl (C=O) groups is 1. The molecule has 0 N–H and O–H groups in total. The van der Waals surface area contributed by atoms with E-state index < -0.39 is 5.41 Å². The van der Waals surface area contributed by atoms with Crippen LogP contribution in [-0.4, -0.2) is 5.78 Å². The molecule has 1 aliphatic carbocycles. The highest BCUT2D eigenvalue weighted by atomic mass is 16.1. The summed E-state index contributed by atoms with van der Waals surface area (Å²) in [5, 5.41) is 9.15. The van der Waals surface area contributed by atoms with E-state index in [1.54, 1.807) is 12.2 Å². The zero-order valence-electron chi connectivity index (χ0n) is 12.7. The van der Waals surface area contributed by atoms with Gasteiger partial charge in [-0.15, -0.1) is 0 Å². The molecule has 0 bridgehead atoms. The fourth-order valence-electron chi connectivity index (χ4n) is 2.94. The normalized spacial score (nSPS) is 23.6. The molecule has 1 fully saturated rings. The molecule has 0 saturated heterocycles. The molecule has 0 heterocycles. The lowest BCUT2D eigenvalue weighted by Gasteiger charge is -2.34. The van der Waals surface area contributed by atoms with Crippen LogP contribution in [0.4, 0.5) is 0 Å². The maximum atomic E-state index is 12.7. The second-order valence-corrected chi connectivity index (χ2v) is 5.70. The largest absolute Gasteiger partial charge is 0.294 e. The lowest BCUT2D eigenvalue weighted by Crippen LogP contribution is -2.32.